The van der Waals surface area contributed by atoms with Crippen LogP contribution in [-0.2, 0) is 4.74 Å². The molecule has 2 heterocycles. The summed E-state index contributed by atoms with van der Waals surface area (Å²) in [6.07, 6.45) is 1.16. The molecule has 2 atom stereocenters. The fraction of sp³-hybridized carbons (Fsp3) is 0.818. The number of ether oxygens (including phenoxy) is 1. The second-order valence-corrected chi connectivity index (χ2v) is 4.98. The van der Waals surface area contributed by atoms with Crippen LogP contribution in [0.3, 0.4) is 0 Å². The quantitative estimate of drug-likeness (QED) is 0.864. The first kappa shape index (κ1) is 12.7. The number of hydrogen-bond acceptors (Lipinski definition) is 6. The zero-order valence-electron chi connectivity index (χ0n) is 10.6. The van der Waals surface area contributed by atoms with Gasteiger partial charge in [-0.05, 0) is 26.8 Å². The summed E-state index contributed by atoms with van der Waals surface area (Å²) in [6.45, 7) is 7.25. The van der Waals surface area contributed by atoms with Crippen molar-refractivity contribution in [2.45, 2.75) is 32.4 Å². The number of likely N-dealkylation sites (N-methyl/N-ethyl adjacent to an activating group) is 1. The van der Waals surface area contributed by atoms with Crippen LogP contribution in [-0.4, -0.2) is 42.1 Å². The Morgan fingerprint density at radius 2 is 2.47 bits per heavy atom. The molecule has 1 aliphatic heterocycles. The van der Waals surface area contributed by atoms with E-state index >= 15 is 0 Å². The number of methoxy groups -OCH3 is 1. The van der Waals surface area contributed by atoms with Crippen molar-refractivity contribution < 1.29 is 4.74 Å². The van der Waals surface area contributed by atoms with Crippen molar-refractivity contribution in [1.82, 2.24) is 14.7 Å². The Morgan fingerprint density at radius 1 is 1.65 bits per heavy atom. The minimum Gasteiger partial charge on any atom is -0.374 e. The first-order valence-electron chi connectivity index (χ1n) is 6.10. The second-order valence-electron chi connectivity index (χ2n) is 4.25. The van der Waals surface area contributed by atoms with Gasteiger partial charge in [-0.1, -0.05) is 0 Å². The fourth-order valence-corrected chi connectivity index (χ4v) is 2.95. The standard InChI is InChI=1S/C11H20N4OS/c1-4-15(9-5-6-12-7-9)11-13-10(14-17-11)8(2)16-3/h8-9,12H,4-7H2,1-3H3. The first-order chi connectivity index (χ1) is 8.26. The van der Waals surface area contributed by atoms with Crippen LogP contribution in [0.4, 0.5) is 5.13 Å². The van der Waals surface area contributed by atoms with E-state index in [0.717, 1.165) is 30.6 Å². The summed E-state index contributed by atoms with van der Waals surface area (Å²) in [5.74, 6) is 0.789. The summed E-state index contributed by atoms with van der Waals surface area (Å²) < 4.78 is 9.61. The molecular weight excluding hydrogens is 236 g/mol. The van der Waals surface area contributed by atoms with E-state index in [-0.39, 0.29) is 6.10 Å². The average Bonchev–Trinajstić information content (AvgIpc) is 3.00. The minimum absolute atomic E-state index is 0.0274. The van der Waals surface area contributed by atoms with Crippen molar-refractivity contribution in [2.75, 3.05) is 31.6 Å². The molecule has 0 amide bonds. The van der Waals surface area contributed by atoms with Gasteiger partial charge in [0.1, 0.15) is 6.10 Å². The van der Waals surface area contributed by atoms with Crippen LogP contribution in [0.15, 0.2) is 0 Å². The summed E-state index contributed by atoms with van der Waals surface area (Å²) in [5, 5.41) is 4.40. The molecule has 0 aliphatic carbocycles. The molecule has 1 N–H and O–H groups in total. The van der Waals surface area contributed by atoms with Crippen LogP contribution in [0, 0.1) is 0 Å². The zero-order chi connectivity index (χ0) is 12.3. The molecule has 1 saturated heterocycles. The molecule has 0 spiro atoms. The van der Waals surface area contributed by atoms with Crippen LogP contribution in [0.5, 0.6) is 0 Å². The van der Waals surface area contributed by atoms with E-state index in [2.05, 4.69) is 26.5 Å². The Balaban J connectivity index is 2.11. The number of nitrogens with zero attached hydrogens (tertiary/aromatic N) is 3. The molecular formula is C11H20N4OS. The molecule has 1 aromatic heterocycles. The summed E-state index contributed by atoms with van der Waals surface area (Å²) >= 11 is 1.47. The van der Waals surface area contributed by atoms with E-state index in [1.165, 1.54) is 18.0 Å². The average molecular weight is 256 g/mol. The van der Waals surface area contributed by atoms with Gasteiger partial charge >= 0.3 is 0 Å². The Labute approximate surface area is 106 Å². The predicted octanol–water partition coefficient (Wildman–Crippen LogP) is 1.43. The van der Waals surface area contributed by atoms with Crippen LogP contribution in [0.25, 0.3) is 0 Å². The summed E-state index contributed by atoms with van der Waals surface area (Å²) in [4.78, 5) is 6.91. The number of nitrogens with one attached hydrogen (secondary N) is 1. The molecule has 6 heteroatoms. The summed E-state index contributed by atoms with van der Waals surface area (Å²) in [7, 11) is 1.68. The molecule has 2 rings (SSSR count). The zero-order valence-corrected chi connectivity index (χ0v) is 11.5. The SMILES string of the molecule is CCN(c1nc(C(C)OC)ns1)C1CCNC1. The van der Waals surface area contributed by atoms with Crippen LogP contribution < -0.4 is 10.2 Å². The lowest BCUT2D eigenvalue weighted by atomic mass is 10.2. The molecule has 2 unspecified atom stereocenters. The molecule has 1 aliphatic rings. The number of hydrogen-bond donors (Lipinski definition) is 1. The third-order valence-electron chi connectivity index (χ3n) is 3.21. The van der Waals surface area contributed by atoms with Crippen molar-refractivity contribution in [3.05, 3.63) is 5.82 Å². The molecule has 1 fully saturated rings. The van der Waals surface area contributed by atoms with Crippen LogP contribution >= 0.6 is 11.5 Å². The van der Waals surface area contributed by atoms with E-state index in [0.29, 0.717) is 6.04 Å². The summed E-state index contributed by atoms with van der Waals surface area (Å²) in [6, 6.07) is 0.554. The van der Waals surface area contributed by atoms with Crippen molar-refractivity contribution >= 4 is 16.7 Å². The largest absolute Gasteiger partial charge is 0.374 e. The molecule has 96 valence electrons. The van der Waals surface area contributed by atoms with Gasteiger partial charge < -0.3 is 15.0 Å². The molecule has 0 radical (unpaired) electrons. The monoisotopic (exact) mass is 256 g/mol. The van der Waals surface area contributed by atoms with Crippen molar-refractivity contribution in [1.29, 1.82) is 0 Å². The van der Waals surface area contributed by atoms with Crippen molar-refractivity contribution in [3.63, 3.8) is 0 Å². The van der Waals surface area contributed by atoms with Gasteiger partial charge in [0.2, 0.25) is 5.13 Å². The fourth-order valence-electron chi connectivity index (χ4n) is 2.07. The van der Waals surface area contributed by atoms with Gasteiger partial charge in [0, 0.05) is 37.8 Å². The number of anilines is 1. The summed E-state index contributed by atoms with van der Waals surface area (Å²) in [5.41, 5.74) is 0. The molecule has 0 bridgehead atoms. The molecule has 17 heavy (non-hydrogen) atoms. The lowest BCUT2D eigenvalue weighted by Crippen LogP contribution is -2.36. The van der Waals surface area contributed by atoms with Gasteiger partial charge in [0.15, 0.2) is 5.82 Å². The lowest BCUT2D eigenvalue weighted by molar-refractivity contribution is 0.113. The Morgan fingerprint density at radius 3 is 3.06 bits per heavy atom. The lowest BCUT2D eigenvalue weighted by Gasteiger charge is -2.25. The maximum atomic E-state index is 5.24. The first-order valence-corrected chi connectivity index (χ1v) is 6.87. The van der Waals surface area contributed by atoms with Crippen molar-refractivity contribution in [3.8, 4) is 0 Å². The third kappa shape index (κ3) is 2.75. The highest BCUT2D eigenvalue weighted by Crippen LogP contribution is 2.25. The Kier molecular flexibility index (Phi) is 4.31. The molecule has 5 nitrogen and oxygen atoms in total. The van der Waals surface area contributed by atoms with E-state index in [1.54, 1.807) is 7.11 Å². The smallest absolute Gasteiger partial charge is 0.205 e. The van der Waals surface area contributed by atoms with Gasteiger partial charge in [-0.15, -0.1) is 0 Å². The van der Waals surface area contributed by atoms with Gasteiger partial charge in [0.05, 0.1) is 0 Å². The van der Waals surface area contributed by atoms with Crippen LogP contribution in [0.1, 0.15) is 32.2 Å². The number of rotatable bonds is 5. The highest BCUT2D eigenvalue weighted by Gasteiger charge is 2.24. The van der Waals surface area contributed by atoms with E-state index in [4.69, 9.17) is 4.74 Å². The van der Waals surface area contributed by atoms with Gasteiger partial charge in [0.25, 0.3) is 0 Å². The predicted molar refractivity (Wildman–Crippen MR) is 69.6 cm³/mol. The van der Waals surface area contributed by atoms with Crippen molar-refractivity contribution in [2.24, 2.45) is 0 Å². The number of aromatic nitrogens is 2. The van der Waals surface area contributed by atoms with Gasteiger partial charge in [-0.25, -0.2) is 4.98 Å². The normalized spacial score (nSPS) is 21.7. The Hall–Kier alpha value is -0.720. The third-order valence-corrected chi connectivity index (χ3v) is 3.98. The minimum atomic E-state index is -0.0274. The molecule has 1 aromatic rings. The van der Waals surface area contributed by atoms with E-state index in [9.17, 15) is 0 Å². The maximum Gasteiger partial charge on any atom is 0.205 e. The topological polar surface area (TPSA) is 50.3 Å². The van der Waals surface area contributed by atoms with E-state index < -0.39 is 0 Å². The highest BCUT2D eigenvalue weighted by atomic mass is 32.1. The second kappa shape index (κ2) is 5.75. The highest BCUT2D eigenvalue weighted by molar-refractivity contribution is 7.09. The van der Waals surface area contributed by atoms with E-state index in [1.807, 2.05) is 6.92 Å². The maximum absolute atomic E-state index is 5.24. The van der Waals surface area contributed by atoms with Gasteiger partial charge in [-0.3, -0.25) is 0 Å². The molecule has 0 aromatic carbocycles. The van der Waals surface area contributed by atoms with Gasteiger partial charge in [-0.2, -0.15) is 4.37 Å². The Bertz CT molecular complexity index is 351. The molecule has 0 saturated carbocycles. The van der Waals surface area contributed by atoms with Crippen LogP contribution in [0.2, 0.25) is 0 Å².